The highest BCUT2D eigenvalue weighted by Crippen LogP contribution is 2.27. The van der Waals surface area contributed by atoms with Crippen molar-refractivity contribution in [1.29, 1.82) is 0 Å². The van der Waals surface area contributed by atoms with Crippen molar-refractivity contribution >= 4 is 29.9 Å². The third-order valence-corrected chi connectivity index (χ3v) is 3.86. The van der Waals surface area contributed by atoms with Crippen LogP contribution in [0.15, 0.2) is 27.6 Å². The van der Waals surface area contributed by atoms with Crippen molar-refractivity contribution in [3.05, 3.63) is 41.1 Å². The molecule has 0 spiro atoms. The van der Waals surface area contributed by atoms with E-state index < -0.39 is 0 Å². The van der Waals surface area contributed by atoms with Gasteiger partial charge in [0, 0.05) is 13.6 Å². The van der Waals surface area contributed by atoms with Crippen molar-refractivity contribution in [2.24, 2.45) is 4.99 Å². The average Bonchev–Trinajstić information content (AvgIpc) is 2.95. The number of aryl methyl sites for hydroxylation is 2. The number of guanidine groups is 1. The fourth-order valence-corrected chi connectivity index (χ4v) is 2.36. The number of benzene rings is 1. The van der Waals surface area contributed by atoms with Crippen molar-refractivity contribution in [2.45, 2.75) is 26.8 Å². The Morgan fingerprint density at radius 3 is 2.46 bits per heavy atom. The molecule has 8 heteroatoms. The predicted molar refractivity (Wildman–Crippen MR) is 113 cm³/mol. The molecule has 1 aromatic carbocycles. The lowest BCUT2D eigenvalue weighted by Crippen LogP contribution is -2.37. The molecular formula is C18H27IN4O3. The molecule has 0 aliphatic rings. The van der Waals surface area contributed by atoms with Gasteiger partial charge in [-0.2, -0.15) is 0 Å². The molecule has 0 atom stereocenters. The van der Waals surface area contributed by atoms with Crippen LogP contribution in [0.25, 0.3) is 0 Å². The number of ether oxygens (including phenoxy) is 2. The van der Waals surface area contributed by atoms with E-state index in [9.17, 15) is 0 Å². The van der Waals surface area contributed by atoms with Crippen LogP contribution in [0, 0.1) is 13.8 Å². The van der Waals surface area contributed by atoms with Crippen molar-refractivity contribution in [2.75, 3.05) is 27.8 Å². The predicted octanol–water partition coefficient (Wildman–Crippen LogP) is 2.83. The number of rotatable bonds is 7. The smallest absolute Gasteiger partial charge is 0.214 e. The van der Waals surface area contributed by atoms with Crippen LogP contribution >= 0.6 is 24.0 Å². The van der Waals surface area contributed by atoms with E-state index in [-0.39, 0.29) is 24.0 Å². The molecule has 2 N–H and O–H groups in total. The minimum absolute atomic E-state index is 0. The summed E-state index contributed by atoms with van der Waals surface area (Å²) in [5.74, 6) is 3.66. The van der Waals surface area contributed by atoms with Crippen LogP contribution in [0.1, 0.15) is 22.9 Å². The Balaban J connectivity index is 0.00000338. The van der Waals surface area contributed by atoms with Gasteiger partial charge >= 0.3 is 0 Å². The zero-order chi connectivity index (χ0) is 18.2. The van der Waals surface area contributed by atoms with Gasteiger partial charge in [0.05, 0.1) is 26.5 Å². The number of nitrogens with zero attached hydrogens (tertiary/aromatic N) is 2. The van der Waals surface area contributed by atoms with E-state index in [1.807, 2.05) is 32.0 Å². The first-order chi connectivity index (χ1) is 12.1. The second-order valence-electron chi connectivity index (χ2n) is 5.54. The molecule has 2 aromatic rings. The molecule has 26 heavy (non-hydrogen) atoms. The number of hydrogen-bond donors (Lipinski definition) is 2. The Labute approximate surface area is 171 Å². The summed E-state index contributed by atoms with van der Waals surface area (Å²) in [7, 11) is 5.00. The quantitative estimate of drug-likeness (QED) is 0.365. The van der Waals surface area contributed by atoms with Crippen LogP contribution in [0.5, 0.6) is 11.5 Å². The third kappa shape index (κ3) is 6.08. The average molecular weight is 474 g/mol. The molecule has 0 aliphatic heterocycles. The topological polar surface area (TPSA) is 80.9 Å². The Morgan fingerprint density at radius 1 is 1.15 bits per heavy atom. The van der Waals surface area contributed by atoms with Crippen LogP contribution in [0.3, 0.4) is 0 Å². The molecule has 2 rings (SSSR count). The first-order valence-corrected chi connectivity index (χ1v) is 8.15. The summed E-state index contributed by atoms with van der Waals surface area (Å²) in [5, 5.41) is 6.46. The molecule has 1 aromatic heterocycles. The van der Waals surface area contributed by atoms with Crippen molar-refractivity contribution in [3.8, 4) is 11.5 Å². The zero-order valence-electron chi connectivity index (χ0n) is 15.9. The maximum atomic E-state index is 5.55. The molecule has 0 saturated carbocycles. The molecule has 1 heterocycles. The Hall–Kier alpha value is -1.97. The molecule has 0 bridgehead atoms. The van der Waals surface area contributed by atoms with E-state index in [0.717, 1.165) is 41.5 Å². The summed E-state index contributed by atoms with van der Waals surface area (Å²) in [6, 6.07) is 5.92. The second kappa shape index (κ2) is 10.9. The van der Waals surface area contributed by atoms with Crippen LogP contribution < -0.4 is 20.1 Å². The van der Waals surface area contributed by atoms with Gasteiger partial charge in [-0.3, -0.25) is 4.99 Å². The van der Waals surface area contributed by atoms with Gasteiger partial charge in [-0.1, -0.05) is 6.07 Å². The SMILES string of the molecule is CN=C(NCCc1ccc(OC)c(OC)c1)NCc1nc(C)c(C)o1.I. The van der Waals surface area contributed by atoms with E-state index in [1.165, 1.54) is 0 Å². The maximum Gasteiger partial charge on any atom is 0.214 e. The fraction of sp³-hybridized carbons (Fsp3) is 0.444. The summed E-state index contributed by atoms with van der Waals surface area (Å²) >= 11 is 0. The van der Waals surface area contributed by atoms with Crippen LogP contribution in [-0.4, -0.2) is 38.8 Å². The number of aromatic nitrogens is 1. The Kier molecular flexibility index (Phi) is 9.25. The normalized spacial score (nSPS) is 10.9. The highest BCUT2D eigenvalue weighted by Gasteiger charge is 2.07. The lowest BCUT2D eigenvalue weighted by Gasteiger charge is -2.12. The summed E-state index contributed by atoms with van der Waals surface area (Å²) in [6.07, 6.45) is 0.832. The van der Waals surface area contributed by atoms with E-state index >= 15 is 0 Å². The van der Waals surface area contributed by atoms with E-state index in [2.05, 4.69) is 20.6 Å². The van der Waals surface area contributed by atoms with Gasteiger partial charge in [0.2, 0.25) is 5.89 Å². The van der Waals surface area contributed by atoms with Crippen molar-refractivity contribution in [3.63, 3.8) is 0 Å². The van der Waals surface area contributed by atoms with Crippen LogP contribution in [-0.2, 0) is 13.0 Å². The summed E-state index contributed by atoms with van der Waals surface area (Å²) < 4.78 is 16.1. The van der Waals surface area contributed by atoms with Crippen LogP contribution in [0.4, 0.5) is 0 Å². The highest BCUT2D eigenvalue weighted by molar-refractivity contribution is 14.0. The number of nitrogens with one attached hydrogen (secondary N) is 2. The number of hydrogen-bond acceptors (Lipinski definition) is 5. The first-order valence-electron chi connectivity index (χ1n) is 8.15. The van der Waals surface area contributed by atoms with Gasteiger partial charge in [-0.05, 0) is 38.0 Å². The summed E-state index contributed by atoms with van der Waals surface area (Å²) in [4.78, 5) is 8.55. The largest absolute Gasteiger partial charge is 0.493 e. The summed E-state index contributed by atoms with van der Waals surface area (Å²) in [5.41, 5.74) is 2.06. The number of aliphatic imine (C=N–C) groups is 1. The second-order valence-corrected chi connectivity index (χ2v) is 5.54. The Morgan fingerprint density at radius 2 is 1.88 bits per heavy atom. The molecule has 0 unspecified atom stereocenters. The number of methoxy groups -OCH3 is 2. The molecule has 0 radical (unpaired) electrons. The van der Waals surface area contributed by atoms with Crippen molar-refractivity contribution < 1.29 is 13.9 Å². The van der Waals surface area contributed by atoms with Gasteiger partial charge in [0.1, 0.15) is 5.76 Å². The standard InChI is InChI=1S/C18H26N4O3.HI/c1-12-13(2)25-17(22-12)11-21-18(19-3)20-9-8-14-6-7-15(23-4)16(10-14)24-5;/h6-7,10H,8-9,11H2,1-5H3,(H2,19,20,21);1H. The first kappa shape index (κ1) is 22.1. The molecule has 0 amide bonds. The van der Waals surface area contributed by atoms with Gasteiger partial charge < -0.3 is 24.5 Å². The minimum atomic E-state index is 0. The highest BCUT2D eigenvalue weighted by atomic mass is 127. The van der Waals surface area contributed by atoms with E-state index in [4.69, 9.17) is 13.9 Å². The summed E-state index contributed by atoms with van der Waals surface area (Å²) in [6.45, 7) is 5.06. The zero-order valence-corrected chi connectivity index (χ0v) is 18.2. The maximum absolute atomic E-state index is 5.55. The van der Waals surface area contributed by atoms with Crippen LogP contribution in [0.2, 0.25) is 0 Å². The van der Waals surface area contributed by atoms with E-state index in [0.29, 0.717) is 18.4 Å². The minimum Gasteiger partial charge on any atom is -0.493 e. The number of halogens is 1. The Bertz CT molecular complexity index is 712. The lowest BCUT2D eigenvalue weighted by atomic mass is 10.1. The molecule has 0 saturated heterocycles. The monoisotopic (exact) mass is 474 g/mol. The van der Waals surface area contributed by atoms with Gasteiger partial charge in [-0.15, -0.1) is 24.0 Å². The lowest BCUT2D eigenvalue weighted by molar-refractivity contribution is 0.354. The molecule has 144 valence electrons. The number of oxazole rings is 1. The van der Waals surface area contributed by atoms with Gasteiger partial charge in [0.25, 0.3) is 0 Å². The fourth-order valence-electron chi connectivity index (χ4n) is 2.36. The third-order valence-electron chi connectivity index (χ3n) is 3.86. The van der Waals surface area contributed by atoms with Crippen molar-refractivity contribution in [1.82, 2.24) is 15.6 Å². The molecule has 7 nitrogen and oxygen atoms in total. The van der Waals surface area contributed by atoms with Gasteiger partial charge in [-0.25, -0.2) is 4.98 Å². The molecular weight excluding hydrogens is 447 g/mol. The molecule has 0 fully saturated rings. The molecule has 0 aliphatic carbocycles. The van der Waals surface area contributed by atoms with E-state index in [1.54, 1.807) is 21.3 Å². The van der Waals surface area contributed by atoms with Gasteiger partial charge in [0.15, 0.2) is 17.5 Å².